The smallest absolute Gasteiger partial charge is 0.244 e. The lowest BCUT2D eigenvalue weighted by Gasteiger charge is -2.18. The van der Waals surface area contributed by atoms with Gasteiger partial charge < -0.3 is 14.8 Å². The number of carbonyl (C=O) groups is 2. The molecule has 2 aromatic heterocycles. The molecule has 0 saturated carbocycles. The van der Waals surface area contributed by atoms with Gasteiger partial charge in [-0.1, -0.05) is 34.5 Å². The monoisotopic (exact) mass is 494 g/mol. The lowest BCUT2D eigenvalue weighted by atomic mass is 10.2. The first kappa shape index (κ1) is 22.6. The highest BCUT2D eigenvalue weighted by atomic mass is 35.5. The van der Waals surface area contributed by atoms with Gasteiger partial charge in [0.2, 0.25) is 35.6 Å². The molecule has 15 heteroatoms. The summed E-state index contributed by atoms with van der Waals surface area (Å²) in [7, 11) is 1.46. The number of halogens is 2. The fraction of sp³-hybridized carbons (Fsp3) is 0.278. The van der Waals surface area contributed by atoms with Gasteiger partial charge in [0.1, 0.15) is 5.69 Å². The van der Waals surface area contributed by atoms with Gasteiger partial charge in [-0.05, 0) is 22.4 Å². The largest absolute Gasteiger partial charge is 0.444 e. The topological polar surface area (TPSA) is 150 Å². The summed E-state index contributed by atoms with van der Waals surface area (Å²) >= 11 is 12.6. The molecule has 0 bridgehead atoms. The van der Waals surface area contributed by atoms with E-state index in [4.69, 9.17) is 37.3 Å². The average Bonchev–Trinajstić information content (AvgIpc) is 3.46. The van der Waals surface area contributed by atoms with Crippen LogP contribution in [0, 0.1) is 0 Å². The number of hydrogen-bond donors (Lipinski definition) is 1. The van der Waals surface area contributed by atoms with Crippen LogP contribution >= 0.6 is 23.2 Å². The Bertz CT molecular complexity index is 1240. The number of hydrogen-bond acceptors (Lipinski definition) is 10. The third-order valence-electron chi connectivity index (χ3n) is 4.42. The van der Waals surface area contributed by atoms with Gasteiger partial charge in [0.25, 0.3) is 0 Å². The van der Waals surface area contributed by atoms with Crippen molar-refractivity contribution in [3.8, 4) is 5.82 Å². The van der Waals surface area contributed by atoms with Crippen molar-refractivity contribution in [2.75, 3.05) is 12.4 Å². The summed E-state index contributed by atoms with van der Waals surface area (Å²) in [6.45, 7) is 2.60. The van der Waals surface area contributed by atoms with Crippen molar-refractivity contribution in [1.29, 1.82) is 0 Å². The first-order valence-electron chi connectivity index (χ1n) is 9.35. The number of amides is 2. The van der Waals surface area contributed by atoms with E-state index in [2.05, 4.69) is 31.0 Å². The molecule has 1 aromatic carbocycles. The Kier molecular flexibility index (Phi) is 6.26. The summed E-state index contributed by atoms with van der Waals surface area (Å²) in [5, 5.41) is 24.1. The van der Waals surface area contributed by atoms with Crippen molar-refractivity contribution < 1.29 is 23.7 Å². The number of benzene rings is 1. The number of nitrogens with zero attached hydrogens (tertiary/aromatic N) is 7. The number of methoxy groups -OCH3 is 1. The minimum atomic E-state index is -1.10. The molecule has 0 spiro atoms. The number of anilines is 1. The molecule has 172 valence electrons. The van der Waals surface area contributed by atoms with Crippen LogP contribution in [0.5, 0.6) is 0 Å². The van der Waals surface area contributed by atoms with Crippen LogP contribution < -0.4 is 5.32 Å². The van der Waals surface area contributed by atoms with Gasteiger partial charge >= 0.3 is 0 Å². The first-order valence-corrected chi connectivity index (χ1v) is 10.1. The highest BCUT2D eigenvalue weighted by molar-refractivity contribution is 6.39. The fourth-order valence-electron chi connectivity index (χ4n) is 3.06. The molecule has 1 aliphatic heterocycles. The minimum absolute atomic E-state index is 0.0114. The molecular weight excluding hydrogens is 479 g/mol. The van der Waals surface area contributed by atoms with E-state index in [0.717, 1.165) is 5.01 Å². The van der Waals surface area contributed by atoms with Crippen molar-refractivity contribution in [3.05, 3.63) is 45.2 Å². The Balaban J connectivity index is 1.77. The maximum atomic E-state index is 12.4. The average molecular weight is 495 g/mol. The van der Waals surface area contributed by atoms with E-state index in [1.165, 1.54) is 25.6 Å². The first-order chi connectivity index (χ1) is 15.8. The van der Waals surface area contributed by atoms with Crippen LogP contribution in [0.3, 0.4) is 0 Å². The van der Waals surface area contributed by atoms with E-state index < -0.39 is 18.0 Å². The van der Waals surface area contributed by atoms with Crippen molar-refractivity contribution >= 4 is 46.7 Å². The van der Waals surface area contributed by atoms with Crippen molar-refractivity contribution in [3.63, 3.8) is 0 Å². The zero-order chi connectivity index (χ0) is 23.7. The summed E-state index contributed by atoms with van der Waals surface area (Å²) in [5.74, 6) is -0.716. The summed E-state index contributed by atoms with van der Waals surface area (Å²) in [6, 6.07) is 4.91. The molecule has 0 radical (unpaired) electrons. The third kappa shape index (κ3) is 4.25. The molecule has 1 atom stereocenters. The molecule has 0 unspecified atom stereocenters. The second-order valence-corrected chi connectivity index (χ2v) is 7.53. The molecule has 0 aliphatic carbocycles. The predicted molar refractivity (Wildman–Crippen MR) is 114 cm³/mol. The van der Waals surface area contributed by atoms with E-state index in [0.29, 0.717) is 21.3 Å². The van der Waals surface area contributed by atoms with Crippen LogP contribution in [-0.4, -0.2) is 55.1 Å². The minimum Gasteiger partial charge on any atom is -0.444 e. The normalized spacial score (nSPS) is 15.4. The van der Waals surface area contributed by atoms with E-state index >= 15 is 0 Å². The molecule has 33 heavy (non-hydrogen) atoms. The second-order valence-electron chi connectivity index (χ2n) is 6.72. The van der Waals surface area contributed by atoms with Crippen LogP contribution in [0.4, 0.5) is 5.82 Å². The van der Waals surface area contributed by atoms with Gasteiger partial charge in [-0.3, -0.25) is 9.59 Å². The van der Waals surface area contributed by atoms with E-state index in [1.807, 2.05) is 0 Å². The Morgan fingerprint density at radius 2 is 1.94 bits per heavy atom. The quantitative estimate of drug-likeness (QED) is 0.543. The molecule has 1 N–H and O–H groups in total. The molecule has 0 fully saturated rings. The summed E-state index contributed by atoms with van der Waals surface area (Å²) in [4.78, 5) is 23.8. The van der Waals surface area contributed by atoms with Gasteiger partial charge in [0.15, 0.2) is 5.69 Å². The zero-order valence-corrected chi connectivity index (χ0v) is 19.0. The Hall–Kier alpha value is -3.55. The maximum absolute atomic E-state index is 12.4. The number of hydrazone groups is 1. The number of carbonyl (C=O) groups excluding carboxylic acids is 2. The number of rotatable bonds is 6. The SMILES string of the molecule is COCc1c([C@H]2OC(c3c(Cl)cccc3Cl)=NN2C(C)=O)nnn1-c1nonc1NC(C)=O. The molecular formula is C18H16Cl2N8O5. The number of ether oxygens (including phenoxy) is 2. The standard InChI is InChI=1S/C18H16Cl2N8O5/c1-8(29)21-15-16(25-33-24-15)28-12(7-31-3)14(22-26-28)18-27(9(2)30)23-17(32-18)13-10(19)5-4-6-11(13)20/h4-6,18H,7H2,1-3H3,(H,21,24,29)/t18-/m1/s1. The van der Waals surface area contributed by atoms with Crippen LogP contribution in [0.25, 0.3) is 5.82 Å². The molecule has 3 aromatic rings. The van der Waals surface area contributed by atoms with Crippen LogP contribution in [-0.2, 0) is 25.7 Å². The van der Waals surface area contributed by atoms with Gasteiger partial charge in [-0.2, -0.15) is 9.69 Å². The summed E-state index contributed by atoms with van der Waals surface area (Å²) in [6.07, 6.45) is -1.10. The van der Waals surface area contributed by atoms with E-state index in [1.54, 1.807) is 18.2 Å². The molecule has 13 nitrogen and oxygen atoms in total. The van der Waals surface area contributed by atoms with E-state index in [-0.39, 0.29) is 29.8 Å². The van der Waals surface area contributed by atoms with Crippen LogP contribution in [0.1, 0.15) is 37.0 Å². The summed E-state index contributed by atoms with van der Waals surface area (Å²) < 4.78 is 17.2. The second kappa shape index (κ2) is 9.13. The highest BCUT2D eigenvalue weighted by Crippen LogP contribution is 2.35. The maximum Gasteiger partial charge on any atom is 0.244 e. The fourth-order valence-corrected chi connectivity index (χ4v) is 3.62. The third-order valence-corrected chi connectivity index (χ3v) is 5.05. The predicted octanol–water partition coefficient (Wildman–Crippen LogP) is 2.30. The number of nitrogens with one attached hydrogen (secondary N) is 1. The molecule has 3 heterocycles. The highest BCUT2D eigenvalue weighted by Gasteiger charge is 2.39. The number of aromatic nitrogens is 5. The Morgan fingerprint density at radius 1 is 1.21 bits per heavy atom. The van der Waals surface area contributed by atoms with Gasteiger partial charge in [-0.15, -0.1) is 10.2 Å². The van der Waals surface area contributed by atoms with E-state index in [9.17, 15) is 9.59 Å². The van der Waals surface area contributed by atoms with Gasteiger partial charge in [0, 0.05) is 21.0 Å². The molecule has 4 rings (SSSR count). The van der Waals surface area contributed by atoms with Crippen molar-refractivity contribution in [2.24, 2.45) is 5.10 Å². The van der Waals surface area contributed by atoms with Crippen LogP contribution in [0.2, 0.25) is 10.0 Å². The summed E-state index contributed by atoms with van der Waals surface area (Å²) in [5.41, 5.74) is 0.868. The zero-order valence-electron chi connectivity index (χ0n) is 17.4. The molecule has 2 amide bonds. The molecule has 1 aliphatic rings. The Labute approximate surface area is 196 Å². The lowest BCUT2D eigenvalue weighted by Crippen LogP contribution is -2.26. The lowest BCUT2D eigenvalue weighted by molar-refractivity contribution is -0.135. The van der Waals surface area contributed by atoms with Crippen molar-refractivity contribution in [2.45, 2.75) is 26.7 Å². The molecule has 0 saturated heterocycles. The van der Waals surface area contributed by atoms with Crippen molar-refractivity contribution in [1.82, 2.24) is 30.3 Å². The Morgan fingerprint density at radius 3 is 2.58 bits per heavy atom. The van der Waals surface area contributed by atoms with Gasteiger partial charge in [0.05, 0.1) is 22.2 Å². The van der Waals surface area contributed by atoms with Crippen LogP contribution in [0.15, 0.2) is 27.9 Å². The van der Waals surface area contributed by atoms with Gasteiger partial charge in [-0.25, -0.2) is 4.63 Å².